The molecule has 0 heterocycles. The molecule has 0 saturated heterocycles. The first-order valence-corrected chi connectivity index (χ1v) is 9.35. The first-order chi connectivity index (χ1) is 13.5. The van der Waals surface area contributed by atoms with Gasteiger partial charge < -0.3 is 14.8 Å². The van der Waals surface area contributed by atoms with Gasteiger partial charge in [0.2, 0.25) is 0 Å². The number of carbonyl (C=O) groups is 1. The van der Waals surface area contributed by atoms with E-state index in [4.69, 9.17) is 32.7 Å². The van der Waals surface area contributed by atoms with Crippen LogP contribution in [-0.4, -0.2) is 13.0 Å². The van der Waals surface area contributed by atoms with Crippen LogP contribution in [0.25, 0.3) is 0 Å². The Kier molecular flexibility index (Phi) is 6.45. The van der Waals surface area contributed by atoms with Gasteiger partial charge in [-0.05, 0) is 42.8 Å². The third-order valence-corrected chi connectivity index (χ3v) is 4.95. The van der Waals surface area contributed by atoms with Crippen LogP contribution in [0.4, 0.5) is 5.69 Å². The van der Waals surface area contributed by atoms with Crippen LogP contribution >= 0.6 is 23.2 Å². The quantitative estimate of drug-likeness (QED) is 0.525. The SMILES string of the molecule is COc1cc(Cl)c(C)cc1NC(=O)c1cccc(OCc2ccccc2Cl)c1. The summed E-state index contributed by atoms with van der Waals surface area (Å²) in [5, 5.41) is 4.07. The van der Waals surface area contributed by atoms with Gasteiger partial charge in [-0.25, -0.2) is 0 Å². The van der Waals surface area contributed by atoms with Gasteiger partial charge in [0.05, 0.1) is 12.8 Å². The molecule has 0 bridgehead atoms. The first-order valence-electron chi connectivity index (χ1n) is 8.59. The zero-order valence-electron chi connectivity index (χ0n) is 15.5. The normalized spacial score (nSPS) is 10.4. The van der Waals surface area contributed by atoms with Gasteiger partial charge in [0.15, 0.2) is 0 Å². The van der Waals surface area contributed by atoms with E-state index < -0.39 is 0 Å². The number of rotatable bonds is 6. The molecule has 0 atom stereocenters. The summed E-state index contributed by atoms with van der Waals surface area (Å²) < 4.78 is 11.1. The molecule has 3 rings (SSSR count). The lowest BCUT2D eigenvalue weighted by Gasteiger charge is -2.13. The number of ether oxygens (including phenoxy) is 2. The summed E-state index contributed by atoms with van der Waals surface area (Å²) in [7, 11) is 1.53. The van der Waals surface area contributed by atoms with Gasteiger partial charge in [0, 0.05) is 27.2 Å². The smallest absolute Gasteiger partial charge is 0.255 e. The van der Waals surface area contributed by atoms with E-state index >= 15 is 0 Å². The number of halogens is 2. The molecule has 0 aliphatic carbocycles. The van der Waals surface area contributed by atoms with E-state index in [0.717, 1.165) is 11.1 Å². The van der Waals surface area contributed by atoms with Crippen molar-refractivity contribution in [3.8, 4) is 11.5 Å². The molecule has 3 aromatic rings. The maximum atomic E-state index is 12.7. The molecule has 0 fully saturated rings. The Morgan fingerprint density at radius 1 is 1.00 bits per heavy atom. The number of aryl methyl sites for hydroxylation is 1. The number of benzene rings is 3. The Morgan fingerprint density at radius 3 is 2.54 bits per heavy atom. The van der Waals surface area contributed by atoms with Crippen molar-refractivity contribution in [1.29, 1.82) is 0 Å². The summed E-state index contributed by atoms with van der Waals surface area (Å²) in [6, 6.07) is 17.9. The molecule has 0 aromatic heterocycles. The van der Waals surface area contributed by atoms with Crippen LogP contribution in [0.2, 0.25) is 10.0 Å². The second-order valence-corrected chi connectivity index (χ2v) is 6.98. The Balaban J connectivity index is 1.74. The fraction of sp³-hybridized carbons (Fsp3) is 0.136. The van der Waals surface area contributed by atoms with Crippen molar-refractivity contribution in [1.82, 2.24) is 0 Å². The van der Waals surface area contributed by atoms with Gasteiger partial charge in [-0.3, -0.25) is 4.79 Å². The van der Waals surface area contributed by atoms with Crippen molar-refractivity contribution in [2.75, 3.05) is 12.4 Å². The number of hydrogen-bond acceptors (Lipinski definition) is 3. The molecule has 28 heavy (non-hydrogen) atoms. The molecular formula is C22H19Cl2NO3. The van der Waals surface area contributed by atoms with Crippen molar-refractivity contribution in [2.24, 2.45) is 0 Å². The van der Waals surface area contributed by atoms with E-state index in [2.05, 4.69) is 5.32 Å². The monoisotopic (exact) mass is 415 g/mol. The Morgan fingerprint density at radius 2 is 1.79 bits per heavy atom. The minimum Gasteiger partial charge on any atom is -0.495 e. The van der Waals surface area contributed by atoms with Crippen LogP contribution in [0.1, 0.15) is 21.5 Å². The molecule has 0 unspecified atom stereocenters. The minimum absolute atomic E-state index is 0.275. The standard InChI is InChI=1S/C22H19Cl2NO3/c1-14-10-20(21(27-2)12-19(14)24)25-22(26)15-7-5-8-17(11-15)28-13-16-6-3-4-9-18(16)23/h3-12H,13H2,1-2H3,(H,25,26). The Bertz CT molecular complexity index is 1000. The van der Waals surface area contributed by atoms with Gasteiger partial charge >= 0.3 is 0 Å². The lowest BCUT2D eigenvalue weighted by Crippen LogP contribution is -2.13. The Hall–Kier alpha value is -2.69. The predicted octanol–water partition coefficient (Wildman–Crippen LogP) is 6.14. The van der Waals surface area contributed by atoms with E-state index in [1.165, 1.54) is 7.11 Å². The fourth-order valence-corrected chi connectivity index (χ4v) is 2.97. The van der Waals surface area contributed by atoms with Gasteiger partial charge in [0.25, 0.3) is 5.91 Å². The average molecular weight is 416 g/mol. The van der Waals surface area contributed by atoms with Crippen LogP contribution in [0.5, 0.6) is 11.5 Å². The molecule has 3 aromatic carbocycles. The summed E-state index contributed by atoms with van der Waals surface area (Å²) in [5.74, 6) is 0.796. The Labute approximate surface area is 174 Å². The highest BCUT2D eigenvalue weighted by Crippen LogP contribution is 2.31. The lowest BCUT2D eigenvalue weighted by molar-refractivity contribution is 0.102. The lowest BCUT2D eigenvalue weighted by atomic mass is 10.1. The van der Waals surface area contributed by atoms with Crippen LogP contribution < -0.4 is 14.8 Å². The van der Waals surface area contributed by atoms with E-state index in [1.807, 2.05) is 31.2 Å². The van der Waals surface area contributed by atoms with E-state index in [-0.39, 0.29) is 5.91 Å². The van der Waals surface area contributed by atoms with E-state index in [9.17, 15) is 4.79 Å². The third kappa shape index (κ3) is 4.77. The topological polar surface area (TPSA) is 47.6 Å². The van der Waals surface area contributed by atoms with Crippen molar-refractivity contribution in [2.45, 2.75) is 13.5 Å². The van der Waals surface area contributed by atoms with Crippen LogP contribution in [0.15, 0.2) is 60.7 Å². The van der Waals surface area contributed by atoms with Gasteiger partial charge in [-0.1, -0.05) is 47.5 Å². The number of nitrogens with one attached hydrogen (secondary N) is 1. The molecule has 0 aliphatic heterocycles. The molecular weight excluding hydrogens is 397 g/mol. The molecule has 0 radical (unpaired) electrons. The second kappa shape index (κ2) is 9.00. The number of methoxy groups -OCH3 is 1. The summed E-state index contributed by atoms with van der Waals surface area (Å²) in [5.41, 5.74) is 2.73. The number of amides is 1. The maximum absolute atomic E-state index is 12.7. The minimum atomic E-state index is -0.275. The van der Waals surface area contributed by atoms with Crippen LogP contribution in [0, 0.1) is 6.92 Å². The second-order valence-electron chi connectivity index (χ2n) is 6.16. The van der Waals surface area contributed by atoms with E-state index in [0.29, 0.717) is 39.4 Å². The zero-order chi connectivity index (χ0) is 20.1. The molecule has 0 spiro atoms. The van der Waals surface area contributed by atoms with Gasteiger partial charge in [-0.15, -0.1) is 0 Å². The summed E-state index contributed by atoms with van der Waals surface area (Å²) >= 11 is 12.3. The zero-order valence-corrected chi connectivity index (χ0v) is 17.0. The highest BCUT2D eigenvalue weighted by Gasteiger charge is 2.13. The van der Waals surface area contributed by atoms with E-state index in [1.54, 1.807) is 36.4 Å². The molecule has 0 saturated carbocycles. The predicted molar refractivity (Wildman–Crippen MR) is 113 cm³/mol. The van der Waals surface area contributed by atoms with Crippen molar-refractivity contribution in [3.05, 3.63) is 87.4 Å². The van der Waals surface area contributed by atoms with Crippen LogP contribution in [0.3, 0.4) is 0 Å². The molecule has 1 amide bonds. The summed E-state index contributed by atoms with van der Waals surface area (Å²) in [6.07, 6.45) is 0. The van der Waals surface area contributed by atoms with Crippen molar-refractivity contribution in [3.63, 3.8) is 0 Å². The third-order valence-electron chi connectivity index (χ3n) is 4.18. The fourth-order valence-electron chi connectivity index (χ4n) is 2.63. The first kappa shape index (κ1) is 20.1. The molecule has 6 heteroatoms. The molecule has 1 N–H and O–H groups in total. The molecule has 0 aliphatic rings. The molecule has 144 valence electrons. The van der Waals surface area contributed by atoms with Gasteiger partial charge in [0.1, 0.15) is 18.1 Å². The largest absolute Gasteiger partial charge is 0.495 e. The van der Waals surface area contributed by atoms with Crippen molar-refractivity contribution < 1.29 is 14.3 Å². The summed E-state index contributed by atoms with van der Waals surface area (Å²) in [6.45, 7) is 2.18. The van der Waals surface area contributed by atoms with Gasteiger partial charge in [-0.2, -0.15) is 0 Å². The molecule has 4 nitrogen and oxygen atoms in total. The number of hydrogen-bond donors (Lipinski definition) is 1. The summed E-state index contributed by atoms with van der Waals surface area (Å²) in [4.78, 5) is 12.7. The van der Waals surface area contributed by atoms with Crippen LogP contribution in [-0.2, 0) is 6.61 Å². The highest BCUT2D eigenvalue weighted by atomic mass is 35.5. The number of anilines is 1. The maximum Gasteiger partial charge on any atom is 0.255 e. The number of carbonyl (C=O) groups excluding carboxylic acids is 1. The average Bonchev–Trinajstić information content (AvgIpc) is 2.70. The highest BCUT2D eigenvalue weighted by molar-refractivity contribution is 6.31. The van der Waals surface area contributed by atoms with Crippen molar-refractivity contribution >= 4 is 34.8 Å².